The molecule has 0 radical (unpaired) electrons. The van der Waals surface area contributed by atoms with Gasteiger partial charge in [0.25, 0.3) is 5.78 Å². The van der Waals surface area contributed by atoms with E-state index in [0.29, 0.717) is 30.2 Å². The molecule has 0 amide bonds. The van der Waals surface area contributed by atoms with E-state index in [-0.39, 0.29) is 5.82 Å². The fraction of sp³-hybridized carbons (Fsp3) is 0.188. The first kappa shape index (κ1) is 15.2. The highest BCUT2D eigenvalue weighted by atomic mass is 19.1. The predicted octanol–water partition coefficient (Wildman–Crippen LogP) is 2.04. The highest BCUT2D eigenvalue weighted by Gasteiger charge is 2.06. The summed E-state index contributed by atoms with van der Waals surface area (Å²) in [5.41, 5.74) is 1.43. The van der Waals surface area contributed by atoms with Gasteiger partial charge in [0.05, 0.1) is 5.52 Å². The number of nitrogens with zero attached hydrogens (tertiary/aromatic N) is 6. The minimum Gasteiger partial charge on any atom is -0.368 e. The SMILES string of the molecule is Cc1cc(NCCNc2ncnc3cc(F)ccc23)n2ncnc2n1. The molecule has 0 fully saturated rings. The quantitative estimate of drug-likeness (QED) is 0.538. The van der Waals surface area contributed by atoms with Crippen molar-refractivity contribution in [3.8, 4) is 0 Å². The highest BCUT2D eigenvalue weighted by Crippen LogP contribution is 2.19. The average molecular weight is 338 g/mol. The summed E-state index contributed by atoms with van der Waals surface area (Å²) in [5, 5.41) is 11.5. The van der Waals surface area contributed by atoms with E-state index in [4.69, 9.17) is 0 Å². The second-order valence-electron chi connectivity index (χ2n) is 5.49. The van der Waals surface area contributed by atoms with Crippen LogP contribution in [0.25, 0.3) is 16.7 Å². The lowest BCUT2D eigenvalue weighted by Gasteiger charge is -2.11. The van der Waals surface area contributed by atoms with Gasteiger partial charge in [-0.3, -0.25) is 0 Å². The van der Waals surface area contributed by atoms with Crippen molar-refractivity contribution in [1.29, 1.82) is 0 Å². The summed E-state index contributed by atoms with van der Waals surface area (Å²) in [7, 11) is 0. The molecule has 2 N–H and O–H groups in total. The van der Waals surface area contributed by atoms with Crippen molar-refractivity contribution in [1.82, 2.24) is 29.5 Å². The topological polar surface area (TPSA) is 92.9 Å². The maximum Gasteiger partial charge on any atom is 0.254 e. The summed E-state index contributed by atoms with van der Waals surface area (Å²) in [4.78, 5) is 16.7. The molecule has 1 aromatic carbocycles. The molecule has 0 bridgehead atoms. The highest BCUT2D eigenvalue weighted by molar-refractivity contribution is 5.88. The zero-order valence-electron chi connectivity index (χ0n) is 13.4. The molecule has 3 aromatic heterocycles. The standard InChI is InChI=1S/C16H15FN8/c1-10-6-14(25-16(24-10)22-9-23-25)18-4-5-19-15-12-3-2-11(17)7-13(12)20-8-21-15/h2-3,6-9,18H,4-5H2,1H3,(H,19,20,21). The molecule has 0 aliphatic heterocycles. The minimum atomic E-state index is -0.316. The number of hydrogen-bond acceptors (Lipinski definition) is 7. The van der Waals surface area contributed by atoms with Crippen LogP contribution in [0.4, 0.5) is 16.0 Å². The Morgan fingerprint density at radius 2 is 1.92 bits per heavy atom. The van der Waals surface area contributed by atoms with Gasteiger partial charge in [0.1, 0.15) is 30.1 Å². The lowest BCUT2D eigenvalue weighted by Crippen LogP contribution is -2.16. The number of halogens is 1. The van der Waals surface area contributed by atoms with Gasteiger partial charge in [-0.15, -0.1) is 0 Å². The second-order valence-corrected chi connectivity index (χ2v) is 5.49. The molecule has 0 atom stereocenters. The van der Waals surface area contributed by atoms with Crippen LogP contribution >= 0.6 is 0 Å². The monoisotopic (exact) mass is 338 g/mol. The van der Waals surface area contributed by atoms with Crippen LogP contribution in [0.2, 0.25) is 0 Å². The Labute approximate surface area is 142 Å². The first-order chi connectivity index (χ1) is 12.2. The third-order valence-electron chi connectivity index (χ3n) is 3.70. The van der Waals surface area contributed by atoms with Crippen molar-refractivity contribution in [2.45, 2.75) is 6.92 Å². The van der Waals surface area contributed by atoms with Crippen LogP contribution in [0.1, 0.15) is 5.69 Å². The van der Waals surface area contributed by atoms with Crippen molar-refractivity contribution in [3.63, 3.8) is 0 Å². The molecule has 3 heterocycles. The van der Waals surface area contributed by atoms with Crippen LogP contribution in [-0.2, 0) is 0 Å². The fourth-order valence-electron chi connectivity index (χ4n) is 2.60. The van der Waals surface area contributed by atoms with Crippen molar-refractivity contribution in [3.05, 3.63) is 48.4 Å². The number of rotatable bonds is 5. The van der Waals surface area contributed by atoms with E-state index in [2.05, 4.69) is 35.7 Å². The Bertz CT molecular complexity index is 1040. The summed E-state index contributed by atoms with van der Waals surface area (Å²) in [5.74, 6) is 1.73. The van der Waals surface area contributed by atoms with Crippen LogP contribution in [0.5, 0.6) is 0 Å². The van der Waals surface area contributed by atoms with Gasteiger partial charge in [-0.2, -0.15) is 14.6 Å². The molecule has 25 heavy (non-hydrogen) atoms. The molecule has 4 aromatic rings. The normalized spacial score (nSPS) is 11.1. The van der Waals surface area contributed by atoms with Gasteiger partial charge in [-0.25, -0.2) is 19.3 Å². The molecule has 0 unspecified atom stereocenters. The molecule has 126 valence electrons. The van der Waals surface area contributed by atoms with Crippen molar-refractivity contribution in [2.24, 2.45) is 0 Å². The number of hydrogen-bond donors (Lipinski definition) is 2. The van der Waals surface area contributed by atoms with Gasteiger partial charge >= 0.3 is 0 Å². The number of fused-ring (bicyclic) bond motifs is 2. The van der Waals surface area contributed by atoms with E-state index in [0.717, 1.165) is 16.9 Å². The zero-order chi connectivity index (χ0) is 17.2. The lowest BCUT2D eigenvalue weighted by molar-refractivity contribution is 0.629. The average Bonchev–Trinajstić information content (AvgIpc) is 3.06. The van der Waals surface area contributed by atoms with E-state index in [1.54, 1.807) is 10.6 Å². The van der Waals surface area contributed by atoms with E-state index >= 15 is 0 Å². The summed E-state index contributed by atoms with van der Waals surface area (Å²) < 4.78 is 14.9. The Kier molecular flexibility index (Phi) is 3.81. The van der Waals surface area contributed by atoms with Crippen molar-refractivity contribution in [2.75, 3.05) is 23.7 Å². The van der Waals surface area contributed by atoms with Gasteiger partial charge in [-0.05, 0) is 19.1 Å². The van der Waals surface area contributed by atoms with Crippen molar-refractivity contribution < 1.29 is 4.39 Å². The van der Waals surface area contributed by atoms with Gasteiger partial charge in [0.2, 0.25) is 0 Å². The van der Waals surface area contributed by atoms with Crippen LogP contribution in [0.15, 0.2) is 36.9 Å². The maximum absolute atomic E-state index is 13.3. The fourth-order valence-corrected chi connectivity index (χ4v) is 2.60. The molecule has 0 aliphatic rings. The lowest BCUT2D eigenvalue weighted by atomic mass is 10.2. The van der Waals surface area contributed by atoms with Crippen LogP contribution < -0.4 is 10.6 Å². The third kappa shape index (κ3) is 3.03. The summed E-state index contributed by atoms with van der Waals surface area (Å²) in [6.07, 6.45) is 2.89. The third-order valence-corrected chi connectivity index (χ3v) is 3.70. The minimum absolute atomic E-state index is 0.316. The Morgan fingerprint density at radius 3 is 2.84 bits per heavy atom. The van der Waals surface area contributed by atoms with E-state index in [1.165, 1.54) is 24.8 Å². The second kappa shape index (κ2) is 6.27. The van der Waals surface area contributed by atoms with Gasteiger partial charge < -0.3 is 10.6 Å². The summed E-state index contributed by atoms with van der Waals surface area (Å²) in [6.45, 7) is 3.15. The number of aromatic nitrogens is 6. The van der Waals surface area contributed by atoms with E-state index < -0.39 is 0 Å². The summed E-state index contributed by atoms with van der Waals surface area (Å²) in [6, 6.07) is 6.37. The molecule has 0 saturated heterocycles. The Balaban J connectivity index is 1.45. The number of nitrogens with one attached hydrogen (secondary N) is 2. The number of benzene rings is 1. The molecule has 8 nitrogen and oxygen atoms in total. The number of anilines is 2. The molecular weight excluding hydrogens is 323 g/mol. The molecule has 4 rings (SSSR count). The van der Waals surface area contributed by atoms with Crippen LogP contribution in [0.3, 0.4) is 0 Å². The van der Waals surface area contributed by atoms with Crippen molar-refractivity contribution >= 4 is 28.3 Å². The van der Waals surface area contributed by atoms with Crippen LogP contribution in [0, 0.1) is 12.7 Å². The maximum atomic E-state index is 13.3. The zero-order valence-corrected chi connectivity index (χ0v) is 13.4. The molecule has 9 heteroatoms. The van der Waals surface area contributed by atoms with Gasteiger partial charge in [0, 0.05) is 36.3 Å². The molecule has 0 spiro atoms. The van der Waals surface area contributed by atoms with Gasteiger partial charge in [-0.1, -0.05) is 0 Å². The predicted molar refractivity (Wildman–Crippen MR) is 92.0 cm³/mol. The van der Waals surface area contributed by atoms with E-state index in [9.17, 15) is 4.39 Å². The molecular formula is C16H15FN8. The number of aryl methyl sites for hydroxylation is 1. The largest absolute Gasteiger partial charge is 0.368 e. The Hall–Kier alpha value is -3.36. The Morgan fingerprint density at radius 1 is 1.04 bits per heavy atom. The first-order valence-electron chi connectivity index (χ1n) is 7.76. The first-order valence-corrected chi connectivity index (χ1v) is 7.76. The van der Waals surface area contributed by atoms with E-state index in [1.807, 2.05) is 13.0 Å². The van der Waals surface area contributed by atoms with Crippen LogP contribution in [-0.4, -0.2) is 42.6 Å². The molecule has 0 saturated carbocycles. The smallest absolute Gasteiger partial charge is 0.254 e. The van der Waals surface area contributed by atoms with Gasteiger partial charge in [0.15, 0.2) is 0 Å². The molecule has 0 aliphatic carbocycles. The summed E-state index contributed by atoms with van der Waals surface area (Å²) >= 11 is 0.